The minimum atomic E-state index is -1.03. The summed E-state index contributed by atoms with van der Waals surface area (Å²) in [4.78, 5) is 0. The molecule has 0 aliphatic heterocycles. The molecule has 0 bridgehead atoms. The zero-order valence-electron chi connectivity index (χ0n) is 10.1. The number of hydrogen-bond acceptors (Lipinski definition) is 2. The Labute approximate surface area is 95.2 Å². The smallest absolute Gasteiger partial charge is 0.0972 e. The Morgan fingerprint density at radius 2 is 1.93 bits per heavy atom. The third-order valence-electron chi connectivity index (χ3n) is 3.07. The summed E-state index contributed by atoms with van der Waals surface area (Å²) in [6.07, 6.45) is 2.67. The maximum absolute atomic E-state index is 11.9. The van der Waals surface area contributed by atoms with Crippen LogP contribution < -0.4 is 4.72 Å². The number of nitrogens with one attached hydrogen (secondary N) is 1. The first-order chi connectivity index (χ1) is 6.82. The van der Waals surface area contributed by atoms with Crippen molar-refractivity contribution in [3.8, 4) is 0 Å². The maximum Gasteiger partial charge on any atom is 0.0972 e. The third kappa shape index (κ3) is 3.54. The van der Waals surface area contributed by atoms with E-state index in [0.717, 1.165) is 19.3 Å². The molecule has 4 heteroatoms. The van der Waals surface area contributed by atoms with Gasteiger partial charge >= 0.3 is 0 Å². The van der Waals surface area contributed by atoms with E-state index in [0.29, 0.717) is 0 Å². The van der Waals surface area contributed by atoms with Gasteiger partial charge in [-0.1, -0.05) is 6.92 Å². The zero-order chi connectivity index (χ0) is 11.6. The molecular formula is C11H23NO2S. The molecule has 1 aliphatic carbocycles. The van der Waals surface area contributed by atoms with Gasteiger partial charge in [0.05, 0.1) is 21.8 Å². The maximum atomic E-state index is 11.9. The average Bonchev–Trinajstić information content (AvgIpc) is 2.11. The molecule has 1 fully saturated rings. The van der Waals surface area contributed by atoms with Gasteiger partial charge in [-0.15, -0.1) is 0 Å². The van der Waals surface area contributed by atoms with E-state index in [1.165, 1.54) is 0 Å². The van der Waals surface area contributed by atoms with Crippen molar-refractivity contribution in [3.63, 3.8) is 0 Å². The summed E-state index contributed by atoms with van der Waals surface area (Å²) in [5.41, 5.74) is 0. The van der Waals surface area contributed by atoms with Gasteiger partial charge in [-0.05, 0) is 46.0 Å². The van der Waals surface area contributed by atoms with E-state index in [-0.39, 0.29) is 22.8 Å². The second-order valence-corrected chi connectivity index (χ2v) is 7.46. The molecule has 0 aromatic carbocycles. The largest absolute Gasteiger partial charge is 0.393 e. The summed E-state index contributed by atoms with van der Waals surface area (Å²) in [7, 11) is -1.03. The van der Waals surface area contributed by atoms with Crippen molar-refractivity contribution in [1.82, 2.24) is 4.72 Å². The van der Waals surface area contributed by atoms with Crippen LogP contribution in [0.3, 0.4) is 0 Å². The molecule has 1 saturated carbocycles. The highest BCUT2D eigenvalue weighted by Gasteiger charge is 2.31. The summed E-state index contributed by atoms with van der Waals surface area (Å²) in [6.45, 7) is 7.90. The molecule has 0 aromatic rings. The van der Waals surface area contributed by atoms with Gasteiger partial charge in [-0.3, -0.25) is 0 Å². The van der Waals surface area contributed by atoms with Crippen LogP contribution in [0.25, 0.3) is 0 Å². The van der Waals surface area contributed by atoms with Crippen LogP contribution in [0.15, 0.2) is 0 Å². The van der Waals surface area contributed by atoms with Gasteiger partial charge < -0.3 is 5.11 Å². The van der Waals surface area contributed by atoms with Crippen LogP contribution in [0.5, 0.6) is 0 Å². The highest BCUT2D eigenvalue weighted by atomic mass is 32.2. The SMILES string of the molecule is C[C@H]1[C@H](O)CCC[C@H]1NS(=O)C(C)(C)C. The Bertz CT molecular complexity index is 237. The number of aliphatic hydroxyl groups excluding tert-OH is 1. The molecule has 0 saturated heterocycles. The predicted octanol–water partition coefficient (Wildman–Crippen LogP) is 1.59. The predicted molar refractivity (Wildman–Crippen MR) is 63.8 cm³/mol. The highest BCUT2D eigenvalue weighted by molar-refractivity contribution is 7.84. The lowest BCUT2D eigenvalue weighted by molar-refractivity contribution is 0.0632. The van der Waals surface area contributed by atoms with Gasteiger partial charge in [0.2, 0.25) is 0 Å². The fourth-order valence-corrected chi connectivity index (χ4v) is 2.78. The standard InChI is InChI=1S/C11H23NO2S/c1-8-9(6-5-7-10(8)13)12-15(14)11(2,3)4/h8-10,12-13H,5-7H2,1-4H3/t8-,9-,10-,15?/m1/s1. The fourth-order valence-electron chi connectivity index (χ4n) is 1.82. The second kappa shape index (κ2) is 4.93. The molecule has 1 aliphatic rings. The fraction of sp³-hybridized carbons (Fsp3) is 1.00. The van der Waals surface area contributed by atoms with Gasteiger partial charge in [0.25, 0.3) is 0 Å². The lowest BCUT2D eigenvalue weighted by Crippen LogP contribution is -2.47. The van der Waals surface area contributed by atoms with Gasteiger partial charge in [0, 0.05) is 6.04 Å². The van der Waals surface area contributed by atoms with Gasteiger partial charge in [-0.2, -0.15) is 0 Å². The Balaban J connectivity index is 2.54. The second-order valence-electron chi connectivity index (χ2n) is 5.46. The molecule has 0 radical (unpaired) electrons. The van der Waals surface area contributed by atoms with Crippen molar-refractivity contribution < 1.29 is 9.32 Å². The molecule has 2 N–H and O–H groups in total. The van der Waals surface area contributed by atoms with Crippen LogP contribution in [0.2, 0.25) is 0 Å². The molecule has 0 aromatic heterocycles. The number of aliphatic hydroxyl groups is 1. The minimum Gasteiger partial charge on any atom is -0.393 e. The summed E-state index contributed by atoms with van der Waals surface area (Å²) in [5, 5.41) is 9.72. The van der Waals surface area contributed by atoms with Crippen LogP contribution >= 0.6 is 0 Å². The third-order valence-corrected chi connectivity index (χ3v) is 4.70. The van der Waals surface area contributed by atoms with Crippen molar-refractivity contribution in [2.75, 3.05) is 0 Å². The van der Waals surface area contributed by atoms with Crippen LogP contribution in [0.4, 0.5) is 0 Å². The van der Waals surface area contributed by atoms with Crippen molar-refractivity contribution >= 4 is 11.0 Å². The molecule has 4 atom stereocenters. The van der Waals surface area contributed by atoms with E-state index < -0.39 is 11.0 Å². The van der Waals surface area contributed by atoms with Crippen LogP contribution in [-0.4, -0.2) is 26.2 Å². The Morgan fingerprint density at radius 1 is 1.33 bits per heavy atom. The van der Waals surface area contributed by atoms with Crippen LogP contribution in [0.1, 0.15) is 47.0 Å². The van der Waals surface area contributed by atoms with E-state index in [4.69, 9.17) is 0 Å². The Hall–Kier alpha value is 0.0700. The van der Waals surface area contributed by atoms with E-state index in [1.807, 2.05) is 27.7 Å². The molecule has 3 nitrogen and oxygen atoms in total. The molecule has 0 amide bonds. The molecule has 1 rings (SSSR count). The monoisotopic (exact) mass is 233 g/mol. The average molecular weight is 233 g/mol. The summed E-state index contributed by atoms with van der Waals surface area (Å²) in [5.74, 6) is 0.199. The van der Waals surface area contributed by atoms with Crippen LogP contribution in [0, 0.1) is 5.92 Å². The summed E-state index contributed by atoms with van der Waals surface area (Å²) >= 11 is 0. The van der Waals surface area contributed by atoms with Gasteiger partial charge in [-0.25, -0.2) is 8.93 Å². The van der Waals surface area contributed by atoms with Crippen LogP contribution in [-0.2, 0) is 11.0 Å². The molecular weight excluding hydrogens is 210 g/mol. The molecule has 90 valence electrons. The molecule has 0 heterocycles. The lowest BCUT2D eigenvalue weighted by Gasteiger charge is -2.34. The van der Waals surface area contributed by atoms with Crippen molar-refractivity contribution in [2.45, 2.75) is 63.9 Å². The first kappa shape index (κ1) is 13.1. The van der Waals surface area contributed by atoms with Gasteiger partial charge in [0.1, 0.15) is 0 Å². The molecule has 0 spiro atoms. The van der Waals surface area contributed by atoms with E-state index in [2.05, 4.69) is 4.72 Å². The van der Waals surface area contributed by atoms with Crippen molar-refractivity contribution in [2.24, 2.45) is 5.92 Å². The number of rotatable bonds is 2. The highest BCUT2D eigenvalue weighted by Crippen LogP contribution is 2.25. The van der Waals surface area contributed by atoms with Crippen molar-refractivity contribution in [1.29, 1.82) is 0 Å². The lowest BCUT2D eigenvalue weighted by atomic mass is 9.84. The van der Waals surface area contributed by atoms with E-state index in [1.54, 1.807) is 0 Å². The quantitative estimate of drug-likeness (QED) is 0.761. The summed E-state index contributed by atoms with van der Waals surface area (Å²) < 4.78 is 14.8. The topological polar surface area (TPSA) is 49.3 Å². The van der Waals surface area contributed by atoms with Crippen molar-refractivity contribution in [3.05, 3.63) is 0 Å². The zero-order valence-corrected chi connectivity index (χ0v) is 10.9. The Kier molecular flexibility index (Phi) is 4.32. The van der Waals surface area contributed by atoms with E-state index >= 15 is 0 Å². The number of hydrogen-bond donors (Lipinski definition) is 2. The normalized spacial score (nSPS) is 35.1. The summed E-state index contributed by atoms with van der Waals surface area (Å²) in [6, 6.07) is 0.189. The Morgan fingerprint density at radius 3 is 2.47 bits per heavy atom. The molecule has 15 heavy (non-hydrogen) atoms. The van der Waals surface area contributed by atoms with E-state index in [9.17, 15) is 9.32 Å². The first-order valence-corrected chi connectivity index (χ1v) is 6.83. The minimum absolute atomic E-state index is 0.189. The van der Waals surface area contributed by atoms with Gasteiger partial charge in [0.15, 0.2) is 0 Å². The molecule has 1 unspecified atom stereocenters. The first-order valence-electron chi connectivity index (χ1n) is 5.68.